The van der Waals surface area contributed by atoms with Crippen LogP contribution in [0.2, 0.25) is 5.02 Å². The number of anilines is 1. The molecule has 7 heteroatoms. The van der Waals surface area contributed by atoms with Crippen LogP contribution in [0.3, 0.4) is 0 Å². The molecule has 16 heavy (non-hydrogen) atoms. The second-order valence-corrected chi connectivity index (χ2v) is 5.10. The van der Waals surface area contributed by atoms with Gasteiger partial charge in [0.15, 0.2) is 4.95 Å². The molecule has 3 amide bonds. The number of alkyl halides is 1. The van der Waals surface area contributed by atoms with Crippen LogP contribution in [0.4, 0.5) is 10.5 Å². The van der Waals surface area contributed by atoms with E-state index in [2.05, 4.69) is 32.1 Å². The summed E-state index contributed by atoms with van der Waals surface area (Å²) in [5, 5.41) is 0.573. The fraction of sp³-hybridized carbons (Fsp3) is 0.111. The summed E-state index contributed by atoms with van der Waals surface area (Å²) < 4.78 is 0.890. The summed E-state index contributed by atoms with van der Waals surface area (Å²) in [6.07, 6.45) is 0. The van der Waals surface area contributed by atoms with Crippen LogP contribution in [-0.4, -0.2) is 20.8 Å². The number of carbonyl (C=O) groups is 2. The SMILES string of the molecule is O=C1C(Br)N(c2ccc(Cl)cc2)C(=O)N1Br. The predicted octanol–water partition coefficient (Wildman–Crippen LogP) is 3.14. The molecule has 1 aliphatic rings. The van der Waals surface area contributed by atoms with E-state index < -0.39 is 11.0 Å². The highest BCUT2D eigenvalue weighted by Gasteiger charge is 2.43. The van der Waals surface area contributed by atoms with Crippen molar-refractivity contribution in [1.82, 2.24) is 3.93 Å². The molecular formula is C9H5Br2ClN2O2. The third-order valence-electron chi connectivity index (χ3n) is 2.10. The highest BCUT2D eigenvalue weighted by molar-refractivity contribution is 9.10. The van der Waals surface area contributed by atoms with Gasteiger partial charge in [-0.05, 0) is 24.3 Å². The molecule has 1 aromatic rings. The molecular weight excluding hydrogens is 363 g/mol. The topological polar surface area (TPSA) is 40.6 Å². The zero-order valence-corrected chi connectivity index (χ0v) is 11.7. The molecule has 0 spiro atoms. The summed E-state index contributed by atoms with van der Waals surface area (Å²) in [7, 11) is 0. The van der Waals surface area contributed by atoms with Crippen LogP contribution in [0.25, 0.3) is 0 Å². The number of imide groups is 1. The van der Waals surface area contributed by atoms with Gasteiger partial charge in [-0.25, -0.2) is 4.79 Å². The van der Waals surface area contributed by atoms with E-state index in [9.17, 15) is 9.59 Å². The largest absolute Gasteiger partial charge is 0.343 e. The van der Waals surface area contributed by atoms with Crippen LogP contribution in [0.1, 0.15) is 0 Å². The molecule has 1 heterocycles. The lowest BCUT2D eigenvalue weighted by Crippen LogP contribution is -2.30. The maximum atomic E-state index is 11.7. The molecule has 1 unspecified atom stereocenters. The van der Waals surface area contributed by atoms with E-state index in [1.807, 2.05) is 0 Å². The van der Waals surface area contributed by atoms with E-state index in [1.165, 1.54) is 4.90 Å². The van der Waals surface area contributed by atoms with Crippen LogP contribution in [0.5, 0.6) is 0 Å². The summed E-state index contributed by atoms with van der Waals surface area (Å²) in [5.41, 5.74) is 0.603. The number of hydrogen-bond donors (Lipinski definition) is 0. The van der Waals surface area contributed by atoms with Gasteiger partial charge in [0.25, 0.3) is 5.91 Å². The van der Waals surface area contributed by atoms with Crippen molar-refractivity contribution >= 4 is 61.3 Å². The average molecular weight is 368 g/mol. The molecule has 1 atom stereocenters. The Morgan fingerprint density at radius 3 is 2.19 bits per heavy atom. The van der Waals surface area contributed by atoms with Crippen molar-refractivity contribution in [3.8, 4) is 0 Å². The molecule has 0 N–H and O–H groups in total. The summed E-state index contributed by atoms with van der Waals surface area (Å²) >= 11 is 11.8. The standard InChI is InChI=1S/C9H5Br2ClN2O2/c10-7-8(15)14(11)9(16)13(7)6-3-1-5(12)2-4-6/h1-4,7H. The maximum Gasteiger partial charge on any atom is 0.343 e. The van der Waals surface area contributed by atoms with Crippen molar-refractivity contribution in [2.24, 2.45) is 0 Å². The van der Waals surface area contributed by atoms with E-state index in [0.717, 1.165) is 3.93 Å². The van der Waals surface area contributed by atoms with Crippen LogP contribution < -0.4 is 4.90 Å². The minimum Gasteiger partial charge on any atom is -0.271 e. The third kappa shape index (κ3) is 1.85. The van der Waals surface area contributed by atoms with Crippen molar-refractivity contribution in [2.45, 2.75) is 4.95 Å². The quantitative estimate of drug-likeness (QED) is 0.331. The first-order valence-electron chi connectivity index (χ1n) is 4.25. The molecule has 84 valence electrons. The summed E-state index contributed by atoms with van der Waals surface area (Å²) in [4.78, 5) is 23.9. The van der Waals surface area contributed by atoms with E-state index in [4.69, 9.17) is 11.6 Å². The van der Waals surface area contributed by atoms with Gasteiger partial charge in [-0.15, -0.1) is 0 Å². The lowest BCUT2D eigenvalue weighted by Gasteiger charge is -2.17. The number of amides is 3. The molecule has 1 saturated heterocycles. The van der Waals surface area contributed by atoms with Gasteiger partial charge >= 0.3 is 6.03 Å². The highest BCUT2D eigenvalue weighted by Crippen LogP contribution is 2.31. The van der Waals surface area contributed by atoms with E-state index >= 15 is 0 Å². The number of benzene rings is 1. The second kappa shape index (κ2) is 4.35. The molecule has 1 fully saturated rings. The van der Waals surface area contributed by atoms with Gasteiger partial charge in [-0.2, -0.15) is 3.93 Å². The molecule has 1 aliphatic heterocycles. The third-order valence-corrected chi connectivity index (χ3v) is 3.81. The monoisotopic (exact) mass is 366 g/mol. The van der Waals surface area contributed by atoms with Gasteiger partial charge in [0.05, 0.1) is 16.1 Å². The van der Waals surface area contributed by atoms with Crippen LogP contribution in [0, 0.1) is 0 Å². The minimum absolute atomic E-state index is 0.361. The molecule has 0 radical (unpaired) electrons. The Hall–Kier alpha value is -0.590. The second-order valence-electron chi connectivity index (χ2n) is 3.08. The summed E-state index contributed by atoms with van der Waals surface area (Å²) in [5.74, 6) is -0.361. The zero-order valence-electron chi connectivity index (χ0n) is 7.73. The van der Waals surface area contributed by atoms with E-state index in [-0.39, 0.29) is 5.91 Å². The van der Waals surface area contributed by atoms with Crippen molar-refractivity contribution in [2.75, 3.05) is 4.90 Å². The van der Waals surface area contributed by atoms with Gasteiger partial charge in [-0.1, -0.05) is 27.5 Å². The number of halogens is 3. The lowest BCUT2D eigenvalue weighted by atomic mass is 10.3. The number of nitrogens with zero attached hydrogens (tertiary/aromatic N) is 2. The summed E-state index contributed by atoms with van der Waals surface area (Å²) in [6, 6.07) is 6.23. The van der Waals surface area contributed by atoms with Gasteiger partial charge < -0.3 is 0 Å². The number of hydrogen-bond acceptors (Lipinski definition) is 2. The minimum atomic E-state index is -0.694. The number of carbonyl (C=O) groups excluding carboxylic acids is 2. The Kier molecular flexibility index (Phi) is 3.23. The molecule has 2 rings (SSSR count). The fourth-order valence-corrected chi connectivity index (χ4v) is 2.71. The Bertz CT molecular complexity index is 451. The molecule has 0 saturated carbocycles. The van der Waals surface area contributed by atoms with Crippen LogP contribution in [-0.2, 0) is 4.79 Å². The molecule has 0 bridgehead atoms. The first-order valence-corrected chi connectivity index (χ1v) is 6.25. The molecule has 1 aromatic carbocycles. The molecule has 0 aromatic heterocycles. The fourth-order valence-electron chi connectivity index (χ4n) is 1.33. The van der Waals surface area contributed by atoms with Gasteiger partial charge in [0, 0.05) is 10.7 Å². The first-order chi connectivity index (χ1) is 7.52. The van der Waals surface area contributed by atoms with Crippen molar-refractivity contribution in [3.63, 3.8) is 0 Å². The van der Waals surface area contributed by atoms with Crippen LogP contribution in [0.15, 0.2) is 24.3 Å². The van der Waals surface area contributed by atoms with E-state index in [1.54, 1.807) is 24.3 Å². The Morgan fingerprint density at radius 1 is 1.19 bits per heavy atom. The van der Waals surface area contributed by atoms with Gasteiger partial charge in [0.2, 0.25) is 0 Å². The first kappa shape index (κ1) is 11.9. The van der Waals surface area contributed by atoms with Gasteiger partial charge in [-0.3, -0.25) is 9.69 Å². The Balaban J connectivity index is 2.38. The van der Waals surface area contributed by atoms with Crippen molar-refractivity contribution in [1.29, 1.82) is 0 Å². The predicted molar refractivity (Wildman–Crippen MR) is 67.8 cm³/mol. The normalized spacial score (nSPS) is 20.8. The smallest absolute Gasteiger partial charge is 0.271 e. The lowest BCUT2D eigenvalue weighted by molar-refractivity contribution is -0.121. The van der Waals surface area contributed by atoms with Crippen molar-refractivity contribution in [3.05, 3.63) is 29.3 Å². The maximum absolute atomic E-state index is 11.7. The molecule has 4 nitrogen and oxygen atoms in total. The Labute approximate surface area is 114 Å². The average Bonchev–Trinajstić information content (AvgIpc) is 2.46. The number of rotatable bonds is 1. The molecule has 0 aliphatic carbocycles. The van der Waals surface area contributed by atoms with E-state index in [0.29, 0.717) is 10.7 Å². The van der Waals surface area contributed by atoms with Crippen molar-refractivity contribution < 1.29 is 9.59 Å². The van der Waals surface area contributed by atoms with Crippen LogP contribution >= 0.6 is 43.7 Å². The number of urea groups is 1. The summed E-state index contributed by atoms with van der Waals surface area (Å²) in [6.45, 7) is 0. The Morgan fingerprint density at radius 2 is 1.75 bits per heavy atom. The highest BCUT2D eigenvalue weighted by atomic mass is 79.9. The van der Waals surface area contributed by atoms with Gasteiger partial charge in [0.1, 0.15) is 0 Å². The zero-order chi connectivity index (χ0) is 11.9.